The average molecular weight is 315 g/mol. The van der Waals surface area contributed by atoms with E-state index in [4.69, 9.17) is 0 Å². The molecule has 0 bridgehead atoms. The van der Waals surface area contributed by atoms with Crippen LogP contribution in [0.25, 0.3) is 0 Å². The standard InChI is InChI=1S/C13H19BrN2O2/c1-3-12(15-4-2)8-6-10-5-7-11(14)9-13(10)16(17)18/h5,7,9,12,15H,3-4,6,8H2,1-2H3. The summed E-state index contributed by atoms with van der Waals surface area (Å²) < 4.78 is 0.747. The SMILES string of the molecule is CCNC(CC)CCc1ccc(Br)cc1[N+](=O)[O-]. The van der Waals surface area contributed by atoms with Crippen LogP contribution in [0.15, 0.2) is 22.7 Å². The molecule has 0 amide bonds. The Balaban J connectivity index is 2.74. The van der Waals surface area contributed by atoms with Crippen LogP contribution in [0.1, 0.15) is 32.3 Å². The second-order valence-electron chi connectivity index (χ2n) is 4.23. The lowest BCUT2D eigenvalue weighted by molar-refractivity contribution is -0.385. The van der Waals surface area contributed by atoms with Gasteiger partial charge in [-0.1, -0.05) is 35.8 Å². The Bertz CT molecular complexity index is 410. The van der Waals surface area contributed by atoms with Crippen molar-refractivity contribution in [2.24, 2.45) is 0 Å². The summed E-state index contributed by atoms with van der Waals surface area (Å²) in [5.41, 5.74) is 1.01. The van der Waals surface area contributed by atoms with Gasteiger partial charge in [0.1, 0.15) is 0 Å². The molecule has 18 heavy (non-hydrogen) atoms. The van der Waals surface area contributed by atoms with Crippen molar-refractivity contribution < 1.29 is 4.92 Å². The molecule has 1 aromatic rings. The highest BCUT2D eigenvalue weighted by atomic mass is 79.9. The third-order valence-electron chi connectivity index (χ3n) is 2.99. The van der Waals surface area contributed by atoms with Crippen LogP contribution < -0.4 is 5.32 Å². The van der Waals surface area contributed by atoms with Crippen molar-refractivity contribution >= 4 is 21.6 Å². The molecule has 1 rings (SSSR count). The molecule has 5 heteroatoms. The van der Waals surface area contributed by atoms with E-state index in [-0.39, 0.29) is 10.6 Å². The summed E-state index contributed by atoms with van der Waals surface area (Å²) in [6.07, 6.45) is 2.69. The highest BCUT2D eigenvalue weighted by Crippen LogP contribution is 2.25. The molecule has 0 aliphatic carbocycles. The number of nitro groups is 1. The molecule has 1 aromatic carbocycles. The second-order valence-corrected chi connectivity index (χ2v) is 5.15. The van der Waals surface area contributed by atoms with E-state index in [1.54, 1.807) is 6.07 Å². The zero-order valence-corrected chi connectivity index (χ0v) is 12.4. The molecule has 0 aliphatic heterocycles. The van der Waals surface area contributed by atoms with E-state index in [1.807, 2.05) is 12.1 Å². The van der Waals surface area contributed by atoms with Gasteiger partial charge in [0.25, 0.3) is 5.69 Å². The van der Waals surface area contributed by atoms with Gasteiger partial charge in [0.05, 0.1) is 4.92 Å². The first-order chi connectivity index (χ1) is 8.58. The Hall–Kier alpha value is -0.940. The second kappa shape index (κ2) is 7.48. The minimum Gasteiger partial charge on any atom is -0.314 e. The summed E-state index contributed by atoms with van der Waals surface area (Å²) >= 11 is 3.27. The molecule has 100 valence electrons. The lowest BCUT2D eigenvalue weighted by Crippen LogP contribution is -2.28. The maximum Gasteiger partial charge on any atom is 0.273 e. The van der Waals surface area contributed by atoms with E-state index < -0.39 is 0 Å². The van der Waals surface area contributed by atoms with E-state index in [0.717, 1.165) is 35.8 Å². The third kappa shape index (κ3) is 4.38. The number of benzene rings is 1. The van der Waals surface area contributed by atoms with E-state index in [2.05, 4.69) is 35.1 Å². The van der Waals surface area contributed by atoms with Crippen molar-refractivity contribution in [3.63, 3.8) is 0 Å². The minimum atomic E-state index is -0.311. The summed E-state index contributed by atoms with van der Waals surface area (Å²) in [4.78, 5) is 10.7. The highest BCUT2D eigenvalue weighted by molar-refractivity contribution is 9.10. The Labute approximate surface area is 116 Å². The number of nitrogens with zero attached hydrogens (tertiary/aromatic N) is 1. The monoisotopic (exact) mass is 314 g/mol. The molecule has 1 atom stereocenters. The number of aryl methyl sites for hydroxylation is 1. The molecular weight excluding hydrogens is 296 g/mol. The topological polar surface area (TPSA) is 55.2 Å². The van der Waals surface area contributed by atoms with Gasteiger partial charge in [0.2, 0.25) is 0 Å². The zero-order chi connectivity index (χ0) is 13.5. The molecule has 0 aliphatic rings. The quantitative estimate of drug-likeness (QED) is 0.617. The summed E-state index contributed by atoms with van der Waals surface area (Å²) in [6, 6.07) is 5.69. The number of nitrogens with one attached hydrogen (secondary N) is 1. The van der Waals surface area contributed by atoms with Crippen LogP contribution in [0.5, 0.6) is 0 Å². The minimum absolute atomic E-state index is 0.204. The molecule has 0 spiro atoms. The molecule has 0 fully saturated rings. The number of nitro benzene ring substituents is 1. The molecule has 4 nitrogen and oxygen atoms in total. The number of hydrogen-bond acceptors (Lipinski definition) is 3. The molecule has 1 N–H and O–H groups in total. The fourth-order valence-electron chi connectivity index (χ4n) is 1.99. The van der Waals surface area contributed by atoms with E-state index in [1.165, 1.54) is 0 Å². The van der Waals surface area contributed by atoms with Gasteiger partial charge in [0.15, 0.2) is 0 Å². The van der Waals surface area contributed by atoms with Crippen LogP contribution in [-0.2, 0) is 6.42 Å². The molecule has 0 aromatic heterocycles. The van der Waals surface area contributed by atoms with Gasteiger partial charge in [-0.3, -0.25) is 10.1 Å². The Kier molecular flexibility index (Phi) is 6.29. The van der Waals surface area contributed by atoms with E-state index >= 15 is 0 Å². The van der Waals surface area contributed by atoms with E-state index in [0.29, 0.717) is 6.04 Å². The summed E-state index contributed by atoms with van der Waals surface area (Å²) in [5.74, 6) is 0. The van der Waals surface area contributed by atoms with Crippen LogP contribution in [0, 0.1) is 10.1 Å². The molecule has 0 heterocycles. The molecule has 0 saturated carbocycles. The highest BCUT2D eigenvalue weighted by Gasteiger charge is 2.15. The Morgan fingerprint density at radius 1 is 1.44 bits per heavy atom. The Morgan fingerprint density at radius 3 is 2.72 bits per heavy atom. The Morgan fingerprint density at radius 2 is 2.17 bits per heavy atom. The van der Waals surface area contributed by atoms with Gasteiger partial charge in [-0.2, -0.15) is 0 Å². The van der Waals surface area contributed by atoms with Crippen LogP contribution in [-0.4, -0.2) is 17.5 Å². The van der Waals surface area contributed by atoms with Crippen LogP contribution in [0.3, 0.4) is 0 Å². The zero-order valence-electron chi connectivity index (χ0n) is 10.8. The van der Waals surface area contributed by atoms with Crippen molar-refractivity contribution in [1.82, 2.24) is 5.32 Å². The van der Waals surface area contributed by atoms with E-state index in [9.17, 15) is 10.1 Å². The predicted molar refractivity (Wildman–Crippen MR) is 76.9 cm³/mol. The van der Waals surface area contributed by atoms with Crippen molar-refractivity contribution in [2.45, 2.75) is 39.2 Å². The summed E-state index contributed by atoms with van der Waals surface area (Å²) in [5, 5.41) is 14.4. The molecule has 1 unspecified atom stereocenters. The summed E-state index contributed by atoms with van der Waals surface area (Å²) in [7, 11) is 0. The maximum atomic E-state index is 11.0. The smallest absolute Gasteiger partial charge is 0.273 e. The van der Waals surface area contributed by atoms with Crippen LogP contribution in [0.4, 0.5) is 5.69 Å². The van der Waals surface area contributed by atoms with Gasteiger partial charge in [-0.25, -0.2) is 0 Å². The molecule has 0 saturated heterocycles. The van der Waals surface area contributed by atoms with Crippen LogP contribution >= 0.6 is 15.9 Å². The largest absolute Gasteiger partial charge is 0.314 e. The van der Waals surface area contributed by atoms with Crippen molar-refractivity contribution in [2.75, 3.05) is 6.54 Å². The van der Waals surface area contributed by atoms with Crippen molar-refractivity contribution in [1.29, 1.82) is 0 Å². The first kappa shape index (κ1) is 15.1. The normalized spacial score (nSPS) is 12.4. The van der Waals surface area contributed by atoms with Gasteiger partial charge in [0, 0.05) is 22.1 Å². The fraction of sp³-hybridized carbons (Fsp3) is 0.538. The fourth-order valence-corrected chi connectivity index (χ4v) is 2.34. The molecule has 0 radical (unpaired) electrons. The lowest BCUT2D eigenvalue weighted by Gasteiger charge is -2.15. The maximum absolute atomic E-state index is 11.0. The van der Waals surface area contributed by atoms with Gasteiger partial charge in [-0.05, 0) is 31.9 Å². The lowest BCUT2D eigenvalue weighted by atomic mass is 10.0. The van der Waals surface area contributed by atoms with Crippen LogP contribution in [0.2, 0.25) is 0 Å². The third-order valence-corrected chi connectivity index (χ3v) is 3.49. The van der Waals surface area contributed by atoms with Gasteiger partial charge >= 0.3 is 0 Å². The van der Waals surface area contributed by atoms with Gasteiger partial charge < -0.3 is 5.32 Å². The summed E-state index contributed by atoms with van der Waals surface area (Å²) in [6.45, 7) is 5.13. The van der Waals surface area contributed by atoms with Crippen molar-refractivity contribution in [3.05, 3.63) is 38.3 Å². The number of hydrogen-bond donors (Lipinski definition) is 1. The first-order valence-corrected chi connectivity index (χ1v) is 7.04. The average Bonchev–Trinajstić information content (AvgIpc) is 2.35. The molecular formula is C13H19BrN2O2. The number of rotatable bonds is 7. The predicted octanol–water partition coefficient (Wildman–Crippen LogP) is 3.68. The van der Waals surface area contributed by atoms with Gasteiger partial charge in [-0.15, -0.1) is 0 Å². The number of halogens is 1. The van der Waals surface area contributed by atoms with Crippen molar-refractivity contribution in [3.8, 4) is 0 Å². The first-order valence-electron chi connectivity index (χ1n) is 6.24.